The van der Waals surface area contributed by atoms with E-state index in [0.717, 1.165) is 41.5 Å². The van der Waals surface area contributed by atoms with Crippen molar-refractivity contribution < 1.29 is 4.79 Å². The van der Waals surface area contributed by atoms with Gasteiger partial charge in [-0.05, 0) is 25.2 Å². The molecule has 18 heavy (non-hydrogen) atoms. The summed E-state index contributed by atoms with van der Waals surface area (Å²) in [5.74, 6) is -0.0146. The van der Waals surface area contributed by atoms with Crippen LogP contribution in [0.25, 0.3) is 11.0 Å². The number of carbonyl (C=O) groups excluding carboxylic acids is 1. The van der Waals surface area contributed by atoms with Crippen molar-refractivity contribution >= 4 is 34.4 Å². The van der Waals surface area contributed by atoms with E-state index in [9.17, 15) is 4.79 Å². The predicted octanol–water partition coefficient (Wildman–Crippen LogP) is 1.97. The van der Waals surface area contributed by atoms with Gasteiger partial charge in [-0.25, -0.2) is 0 Å². The van der Waals surface area contributed by atoms with Crippen LogP contribution in [0, 0.1) is 0 Å². The smallest absolute Gasteiger partial charge is 0.238 e. The number of nitrogens with zero attached hydrogens (tertiary/aromatic N) is 3. The Kier molecular flexibility index (Phi) is 4.22. The van der Waals surface area contributed by atoms with E-state index < -0.39 is 0 Å². The Morgan fingerprint density at radius 2 is 2.11 bits per heavy atom. The Balaban J connectivity index is 2.09. The number of rotatable bonds is 5. The average molecular weight is 264 g/mol. The van der Waals surface area contributed by atoms with Crippen molar-refractivity contribution in [1.29, 1.82) is 0 Å². The maximum Gasteiger partial charge on any atom is 0.238 e. The zero-order valence-electron chi connectivity index (χ0n) is 10.5. The summed E-state index contributed by atoms with van der Waals surface area (Å²) in [6, 6.07) is 5.61. The largest absolute Gasteiger partial charge is 0.323 e. The van der Waals surface area contributed by atoms with Gasteiger partial charge >= 0.3 is 0 Å². The highest BCUT2D eigenvalue weighted by atomic mass is 32.1. The molecular formula is C12H16N4OS. The predicted molar refractivity (Wildman–Crippen MR) is 73.8 cm³/mol. The molecule has 2 rings (SSSR count). The van der Waals surface area contributed by atoms with Gasteiger partial charge in [-0.2, -0.15) is 8.75 Å². The van der Waals surface area contributed by atoms with Crippen LogP contribution in [0.15, 0.2) is 18.2 Å². The molecule has 1 N–H and O–H groups in total. The zero-order valence-corrected chi connectivity index (χ0v) is 11.3. The fourth-order valence-corrected chi connectivity index (χ4v) is 2.30. The summed E-state index contributed by atoms with van der Waals surface area (Å²) in [6.45, 7) is 6.23. The van der Waals surface area contributed by atoms with Gasteiger partial charge in [0.1, 0.15) is 11.0 Å². The second-order valence-electron chi connectivity index (χ2n) is 3.95. The number of hydrogen-bond acceptors (Lipinski definition) is 5. The third-order valence-corrected chi connectivity index (χ3v) is 3.36. The fourth-order valence-electron chi connectivity index (χ4n) is 1.75. The fraction of sp³-hybridized carbons (Fsp3) is 0.417. The highest BCUT2D eigenvalue weighted by molar-refractivity contribution is 7.00. The van der Waals surface area contributed by atoms with E-state index in [1.54, 1.807) is 0 Å². The molecule has 0 aliphatic rings. The summed E-state index contributed by atoms with van der Waals surface area (Å²) in [5, 5.41) is 2.89. The molecule has 96 valence electrons. The van der Waals surface area contributed by atoms with Crippen molar-refractivity contribution in [3.63, 3.8) is 0 Å². The minimum absolute atomic E-state index is 0.0146. The Morgan fingerprint density at radius 1 is 1.33 bits per heavy atom. The lowest BCUT2D eigenvalue weighted by atomic mass is 10.2. The Hall–Kier alpha value is -1.53. The Morgan fingerprint density at radius 3 is 2.83 bits per heavy atom. The number of likely N-dealkylation sites (N-methyl/N-ethyl adjacent to an activating group) is 1. The maximum atomic E-state index is 11.9. The molecule has 0 aliphatic heterocycles. The van der Waals surface area contributed by atoms with E-state index >= 15 is 0 Å². The van der Waals surface area contributed by atoms with Crippen molar-refractivity contribution in [2.24, 2.45) is 0 Å². The minimum Gasteiger partial charge on any atom is -0.323 e. The van der Waals surface area contributed by atoms with E-state index in [1.807, 2.05) is 32.0 Å². The Bertz CT molecular complexity index is 536. The van der Waals surface area contributed by atoms with Gasteiger partial charge < -0.3 is 5.32 Å². The summed E-state index contributed by atoms with van der Waals surface area (Å²) in [4.78, 5) is 14.0. The molecule has 1 aromatic carbocycles. The van der Waals surface area contributed by atoms with E-state index in [1.165, 1.54) is 0 Å². The van der Waals surface area contributed by atoms with E-state index in [4.69, 9.17) is 0 Å². The molecule has 0 atom stereocenters. The van der Waals surface area contributed by atoms with Crippen LogP contribution >= 0.6 is 11.7 Å². The highest BCUT2D eigenvalue weighted by Gasteiger charge is 2.10. The molecule has 0 fully saturated rings. The first-order valence-corrected chi connectivity index (χ1v) is 6.71. The number of carbonyl (C=O) groups is 1. The number of fused-ring (bicyclic) bond motifs is 1. The maximum absolute atomic E-state index is 11.9. The molecule has 0 radical (unpaired) electrons. The van der Waals surface area contributed by atoms with Crippen molar-refractivity contribution in [1.82, 2.24) is 13.6 Å². The molecule has 5 nitrogen and oxygen atoms in total. The van der Waals surface area contributed by atoms with Gasteiger partial charge in [-0.15, -0.1) is 0 Å². The quantitative estimate of drug-likeness (QED) is 0.897. The lowest BCUT2D eigenvalue weighted by molar-refractivity contribution is -0.117. The molecule has 1 heterocycles. The van der Waals surface area contributed by atoms with Crippen LogP contribution in [0.2, 0.25) is 0 Å². The molecule has 2 aromatic rings. The van der Waals surface area contributed by atoms with Gasteiger partial charge in [0.2, 0.25) is 5.91 Å². The molecule has 1 aromatic heterocycles. The number of amides is 1. The van der Waals surface area contributed by atoms with E-state index in [0.29, 0.717) is 6.54 Å². The van der Waals surface area contributed by atoms with Crippen molar-refractivity contribution in [3.8, 4) is 0 Å². The second-order valence-corrected chi connectivity index (χ2v) is 4.48. The van der Waals surface area contributed by atoms with Crippen LogP contribution in [-0.2, 0) is 4.79 Å². The second kappa shape index (κ2) is 5.88. The summed E-state index contributed by atoms with van der Waals surface area (Å²) in [7, 11) is 0. The average Bonchev–Trinajstić information content (AvgIpc) is 2.85. The lowest BCUT2D eigenvalue weighted by Crippen LogP contribution is -2.32. The van der Waals surface area contributed by atoms with Gasteiger partial charge in [0, 0.05) is 0 Å². The molecular weight excluding hydrogens is 248 g/mol. The summed E-state index contributed by atoms with van der Waals surface area (Å²) < 4.78 is 8.34. The first kappa shape index (κ1) is 12.9. The van der Waals surface area contributed by atoms with E-state index in [-0.39, 0.29) is 5.91 Å². The number of anilines is 1. The SMILES string of the molecule is CCN(CC)CC(=O)Nc1cccc2nsnc12. The van der Waals surface area contributed by atoms with Crippen LogP contribution in [0.5, 0.6) is 0 Å². The number of hydrogen-bond donors (Lipinski definition) is 1. The molecule has 0 bridgehead atoms. The molecule has 0 aliphatic carbocycles. The summed E-state index contributed by atoms with van der Waals surface area (Å²) in [6.07, 6.45) is 0. The summed E-state index contributed by atoms with van der Waals surface area (Å²) in [5.41, 5.74) is 2.31. The van der Waals surface area contributed by atoms with Gasteiger partial charge in [-0.3, -0.25) is 9.69 Å². The van der Waals surface area contributed by atoms with Crippen LogP contribution in [0.4, 0.5) is 5.69 Å². The molecule has 6 heteroatoms. The summed E-state index contributed by atoms with van der Waals surface area (Å²) >= 11 is 1.16. The van der Waals surface area contributed by atoms with Gasteiger partial charge in [0.05, 0.1) is 24.0 Å². The zero-order chi connectivity index (χ0) is 13.0. The monoisotopic (exact) mass is 264 g/mol. The number of benzene rings is 1. The standard InChI is InChI=1S/C12H16N4OS/c1-3-16(4-2)8-11(17)13-9-6-5-7-10-12(9)15-18-14-10/h5-7H,3-4,8H2,1-2H3,(H,13,17). The van der Waals surface area contributed by atoms with E-state index in [2.05, 4.69) is 19.0 Å². The minimum atomic E-state index is -0.0146. The third-order valence-electron chi connectivity index (χ3n) is 2.82. The molecule has 0 saturated heterocycles. The third kappa shape index (κ3) is 2.83. The molecule has 0 unspecified atom stereocenters. The van der Waals surface area contributed by atoms with Crippen LogP contribution in [-0.4, -0.2) is 39.2 Å². The molecule has 1 amide bonds. The van der Waals surface area contributed by atoms with Gasteiger partial charge in [-0.1, -0.05) is 19.9 Å². The number of nitrogens with one attached hydrogen (secondary N) is 1. The molecule has 0 saturated carbocycles. The molecule has 0 spiro atoms. The van der Waals surface area contributed by atoms with Crippen molar-refractivity contribution in [2.45, 2.75) is 13.8 Å². The lowest BCUT2D eigenvalue weighted by Gasteiger charge is -2.17. The topological polar surface area (TPSA) is 58.1 Å². The number of aromatic nitrogens is 2. The first-order chi connectivity index (χ1) is 8.74. The van der Waals surface area contributed by atoms with Crippen LogP contribution in [0.3, 0.4) is 0 Å². The van der Waals surface area contributed by atoms with Crippen molar-refractivity contribution in [2.75, 3.05) is 25.0 Å². The van der Waals surface area contributed by atoms with Crippen LogP contribution in [0.1, 0.15) is 13.8 Å². The highest BCUT2D eigenvalue weighted by Crippen LogP contribution is 2.20. The van der Waals surface area contributed by atoms with Crippen molar-refractivity contribution in [3.05, 3.63) is 18.2 Å². The first-order valence-electron chi connectivity index (χ1n) is 5.98. The van der Waals surface area contributed by atoms with Gasteiger partial charge in [0.15, 0.2) is 0 Å². The Labute approximate surface area is 110 Å². The van der Waals surface area contributed by atoms with Crippen LogP contribution < -0.4 is 5.32 Å². The normalized spacial score (nSPS) is 11.1. The van der Waals surface area contributed by atoms with Gasteiger partial charge in [0.25, 0.3) is 0 Å².